The molecular formula is C16H16Cl2N2O2. The molecule has 0 heterocycles. The van der Waals surface area contributed by atoms with E-state index in [-0.39, 0.29) is 11.8 Å². The van der Waals surface area contributed by atoms with Gasteiger partial charge in [-0.05, 0) is 36.4 Å². The lowest BCUT2D eigenvalue weighted by Gasteiger charge is -2.11. The Balaban J connectivity index is 1.96. The van der Waals surface area contributed by atoms with Gasteiger partial charge in [-0.25, -0.2) is 0 Å². The quantitative estimate of drug-likeness (QED) is 0.705. The highest BCUT2D eigenvalue weighted by Crippen LogP contribution is 2.18. The lowest BCUT2D eigenvalue weighted by molar-refractivity contribution is 0.102. The highest BCUT2D eigenvalue weighted by molar-refractivity contribution is 6.34. The van der Waals surface area contributed by atoms with Gasteiger partial charge in [-0.3, -0.25) is 4.79 Å². The molecule has 22 heavy (non-hydrogen) atoms. The van der Waals surface area contributed by atoms with Crippen LogP contribution >= 0.6 is 23.2 Å². The van der Waals surface area contributed by atoms with E-state index in [0.717, 1.165) is 5.69 Å². The molecule has 0 fully saturated rings. The first-order valence-electron chi connectivity index (χ1n) is 6.74. The third kappa shape index (κ3) is 4.63. The smallest absolute Gasteiger partial charge is 0.257 e. The van der Waals surface area contributed by atoms with E-state index >= 15 is 0 Å². The molecule has 2 rings (SSSR count). The number of amides is 1. The van der Waals surface area contributed by atoms with Gasteiger partial charge in [0.15, 0.2) is 0 Å². The average Bonchev–Trinajstić information content (AvgIpc) is 2.54. The number of nitrogens with one attached hydrogen (secondary N) is 2. The zero-order chi connectivity index (χ0) is 15.9. The third-order valence-corrected chi connectivity index (χ3v) is 3.67. The third-order valence-electron chi connectivity index (χ3n) is 2.98. The van der Waals surface area contributed by atoms with E-state index < -0.39 is 6.10 Å². The van der Waals surface area contributed by atoms with E-state index in [1.165, 1.54) is 0 Å². The number of benzene rings is 2. The summed E-state index contributed by atoms with van der Waals surface area (Å²) in [6, 6.07) is 14.0. The van der Waals surface area contributed by atoms with Crippen molar-refractivity contribution < 1.29 is 9.90 Å². The topological polar surface area (TPSA) is 61.4 Å². The Morgan fingerprint density at radius 1 is 1.09 bits per heavy atom. The number of carbonyl (C=O) groups excluding carboxylic acids is 1. The lowest BCUT2D eigenvalue weighted by atomic mass is 10.2. The van der Waals surface area contributed by atoms with Gasteiger partial charge in [-0.1, -0.05) is 23.7 Å². The maximum Gasteiger partial charge on any atom is 0.257 e. The second kappa shape index (κ2) is 8.03. The van der Waals surface area contributed by atoms with Gasteiger partial charge in [-0.15, -0.1) is 11.6 Å². The standard InChI is InChI=1S/C16H16Cl2N2O2/c17-9-13(21)10-19-11-5-7-12(8-6-11)20-16(22)14-3-1-2-4-15(14)18/h1-8,13,19,21H,9-10H2,(H,20,22). The summed E-state index contributed by atoms with van der Waals surface area (Å²) in [5.41, 5.74) is 1.92. The van der Waals surface area contributed by atoms with Crippen LogP contribution in [0.25, 0.3) is 0 Å². The second-order valence-electron chi connectivity index (χ2n) is 4.70. The molecule has 0 radical (unpaired) electrons. The summed E-state index contributed by atoms with van der Waals surface area (Å²) < 4.78 is 0. The number of anilines is 2. The summed E-state index contributed by atoms with van der Waals surface area (Å²) in [5, 5.41) is 15.6. The van der Waals surface area contributed by atoms with Crippen molar-refractivity contribution in [1.82, 2.24) is 0 Å². The van der Waals surface area contributed by atoms with Crippen LogP contribution in [0.1, 0.15) is 10.4 Å². The number of hydrogen-bond donors (Lipinski definition) is 3. The fraction of sp³-hybridized carbons (Fsp3) is 0.188. The highest BCUT2D eigenvalue weighted by atomic mass is 35.5. The largest absolute Gasteiger partial charge is 0.390 e. The fourth-order valence-corrected chi connectivity index (χ4v) is 2.14. The summed E-state index contributed by atoms with van der Waals surface area (Å²) in [6.45, 7) is 0.370. The van der Waals surface area contributed by atoms with Crippen molar-refractivity contribution in [2.75, 3.05) is 23.1 Å². The van der Waals surface area contributed by atoms with Gasteiger partial charge >= 0.3 is 0 Å². The van der Waals surface area contributed by atoms with E-state index in [1.807, 2.05) is 12.1 Å². The maximum absolute atomic E-state index is 12.1. The molecule has 1 atom stereocenters. The molecule has 2 aromatic rings. The maximum atomic E-state index is 12.1. The number of aliphatic hydroxyl groups is 1. The molecule has 4 nitrogen and oxygen atoms in total. The van der Waals surface area contributed by atoms with Gasteiger partial charge < -0.3 is 15.7 Å². The number of halogens is 2. The van der Waals surface area contributed by atoms with E-state index in [2.05, 4.69) is 10.6 Å². The Bertz CT molecular complexity index is 632. The predicted molar refractivity (Wildman–Crippen MR) is 91.1 cm³/mol. The van der Waals surface area contributed by atoms with Gasteiger partial charge in [0.25, 0.3) is 5.91 Å². The molecule has 1 unspecified atom stereocenters. The number of carbonyl (C=O) groups is 1. The van der Waals surface area contributed by atoms with Crippen LogP contribution < -0.4 is 10.6 Å². The van der Waals surface area contributed by atoms with Crippen molar-refractivity contribution in [3.8, 4) is 0 Å². The number of aliphatic hydroxyl groups excluding tert-OH is 1. The molecule has 0 bridgehead atoms. The average molecular weight is 339 g/mol. The van der Waals surface area contributed by atoms with Crippen LogP contribution in [-0.4, -0.2) is 29.5 Å². The van der Waals surface area contributed by atoms with Crippen LogP contribution in [0.5, 0.6) is 0 Å². The van der Waals surface area contributed by atoms with Gasteiger partial charge in [0.2, 0.25) is 0 Å². The Hall–Kier alpha value is -1.75. The SMILES string of the molecule is O=C(Nc1ccc(NCC(O)CCl)cc1)c1ccccc1Cl. The highest BCUT2D eigenvalue weighted by Gasteiger charge is 2.09. The molecule has 0 aliphatic heterocycles. The van der Waals surface area contributed by atoms with Crippen LogP contribution in [-0.2, 0) is 0 Å². The Kier molecular flexibility index (Phi) is 6.07. The van der Waals surface area contributed by atoms with Crippen molar-refractivity contribution in [3.63, 3.8) is 0 Å². The van der Waals surface area contributed by atoms with Crippen molar-refractivity contribution in [3.05, 3.63) is 59.1 Å². The number of alkyl halides is 1. The van der Waals surface area contributed by atoms with Gasteiger partial charge in [0.05, 0.1) is 22.6 Å². The molecule has 0 aliphatic rings. The first kappa shape index (κ1) is 16.6. The van der Waals surface area contributed by atoms with E-state index in [9.17, 15) is 9.90 Å². The molecule has 1 amide bonds. The fourth-order valence-electron chi connectivity index (χ4n) is 1.81. The second-order valence-corrected chi connectivity index (χ2v) is 5.42. The number of rotatable bonds is 6. The summed E-state index contributed by atoms with van der Waals surface area (Å²) >= 11 is 11.5. The van der Waals surface area contributed by atoms with Crippen LogP contribution in [0.3, 0.4) is 0 Å². The first-order valence-corrected chi connectivity index (χ1v) is 7.65. The summed E-state index contributed by atoms with van der Waals surface area (Å²) in [4.78, 5) is 12.1. The lowest BCUT2D eigenvalue weighted by Crippen LogP contribution is -2.20. The van der Waals surface area contributed by atoms with Gasteiger partial charge in [0, 0.05) is 17.9 Å². The molecular weight excluding hydrogens is 323 g/mol. The zero-order valence-electron chi connectivity index (χ0n) is 11.7. The van der Waals surface area contributed by atoms with Crippen LogP contribution in [0, 0.1) is 0 Å². The normalized spacial score (nSPS) is 11.8. The molecule has 0 saturated heterocycles. The summed E-state index contributed by atoms with van der Waals surface area (Å²) in [5.74, 6) is -0.0808. The molecule has 3 N–H and O–H groups in total. The minimum atomic E-state index is -0.596. The summed E-state index contributed by atoms with van der Waals surface area (Å²) in [7, 11) is 0. The van der Waals surface area contributed by atoms with Crippen LogP contribution in [0.4, 0.5) is 11.4 Å². The van der Waals surface area contributed by atoms with Crippen molar-refractivity contribution in [2.45, 2.75) is 6.10 Å². The molecule has 0 aliphatic carbocycles. The van der Waals surface area contributed by atoms with Crippen molar-refractivity contribution in [2.24, 2.45) is 0 Å². The zero-order valence-corrected chi connectivity index (χ0v) is 13.2. The van der Waals surface area contributed by atoms with Crippen LogP contribution in [0.15, 0.2) is 48.5 Å². The number of hydrogen-bond acceptors (Lipinski definition) is 3. The van der Waals surface area contributed by atoms with Crippen molar-refractivity contribution >= 4 is 40.5 Å². The van der Waals surface area contributed by atoms with Crippen LogP contribution in [0.2, 0.25) is 5.02 Å². The molecule has 2 aromatic carbocycles. The monoisotopic (exact) mass is 338 g/mol. The minimum Gasteiger partial charge on any atom is -0.390 e. The molecule has 6 heteroatoms. The molecule has 0 aromatic heterocycles. The Labute approximate surface area is 139 Å². The van der Waals surface area contributed by atoms with Gasteiger partial charge in [-0.2, -0.15) is 0 Å². The Morgan fingerprint density at radius 3 is 2.36 bits per heavy atom. The van der Waals surface area contributed by atoms with E-state index in [4.69, 9.17) is 23.2 Å². The molecule has 0 saturated carbocycles. The predicted octanol–water partition coefficient (Wildman–Crippen LogP) is 3.60. The van der Waals surface area contributed by atoms with E-state index in [0.29, 0.717) is 22.8 Å². The molecule has 0 spiro atoms. The van der Waals surface area contributed by atoms with Crippen molar-refractivity contribution in [1.29, 1.82) is 0 Å². The summed E-state index contributed by atoms with van der Waals surface area (Å²) in [6.07, 6.45) is -0.596. The molecule has 116 valence electrons. The van der Waals surface area contributed by atoms with E-state index in [1.54, 1.807) is 36.4 Å². The van der Waals surface area contributed by atoms with Gasteiger partial charge in [0.1, 0.15) is 0 Å². The minimum absolute atomic E-state index is 0.180. The Morgan fingerprint density at radius 2 is 1.73 bits per heavy atom. The first-order chi connectivity index (χ1) is 10.6.